The molecule has 1 aliphatic rings. The highest BCUT2D eigenvalue weighted by Gasteiger charge is 2.32. The Morgan fingerprint density at radius 1 is 1.29 bits per heavy atom. The van der Waals surface area contributed by atoms with Crippen molar-refractivity contribution in [3.63, 3.8) is 0 Å². The third kappa shape index (κ3) is 3.60. The van der Waals surface area contributed by atoms with E-state index in [9.17, 15) is 19.7 Å². The Morgan fingerprint density at radius 3 is 2.58 bits per heavy atom. The lowest BCUT2D eigenvalue weighted by molar-refractivity contribution is -0.383. The van der Waals surface area contributed by atoms with Crippen LogP contribution in [0.1, 0.15) is 19.8 Å². The van der Waals surface area contributed by atoms with Crippen molar-refractivity contribution in [3.05, 3.63) is 38.0 Å². The van der Waals surface area contributed by atoms with E-state index in [-0.39, 0.29) is 27.0 Å². The molecule has 0 saturated carbocycles. The molecule has 0 aromatic heterocycles. The van der Waals surface area contributed by atoms with Gasteiger partial charge in [0, 0.05) is 12.7 Å². The summed E-state index contributed by atoms with van der Waals surface area (Å²) in [4.78, 5) is 34.9. The first-order valence-corrected chi connectivity index (χ1v) is 7.85. The summed E-state index contributed by atoms with van der Waals surface area (Å²) < 4.78 is 0. The van der Waals surface area contributed by atoms with Gasteiger partial charge in [-0.25, -0.2) is 0 Å². The van der Waals surface area contributed by atoms with Crippen LogP contribution in [0.3, 0.4) is 0 Å². The predicted molar refractivity (Wildman–Crippen MR) is 91.4 cm³/mol. The van der Waals surface area contributed by atoms with Crippen molar-refractivity contribution in [2.24, 2.45) is 0 Å². The van der Waals surface area contributed by atoms with Crippen LogP contribution in [0.5, 0.6) is 0 Å². The van der Waals surface area contributed by atoms with Crippen molar-refractivity contribution in [1.29, 1.82) is 0 Å². The molecule has 1 heterocycles. The zero-order valence-electron chi connectivity index (χ0n) is 12.6. The van der Waals surface area contributed by atoms with Crippen molar-refractivity contribution in [2.45, 2.75) is 19.8 Å². The molecular formula is C14H14Cl2N4O4. The van der Waals surface area contributed by atoms with Gasteiger partial charge in [0.05, 0.1) is 15.6 Å². The van der Waals surface area contributed by atoms with E-state index in [1.165, 1.54) is 12.3 Å². The van der Waals surface area contributed by atoms with Gasteiger partial charge in [0.2, 0.25) is 0 Å². The Bertz CT molecular complexity index is 749. The third-order valence-electron chi connectivity index (χ3n) is 3.27. The number of benzene rings is 1. The summed E-state index contributed by atoms with van der Waals surface area (Å²) in [7, 11) is 0. The fourth-order valence-electron chi connectivity index (χ4n) is 2.07. The number of fused-ring (bicyclic) bond motifs is 1. The molecule has 0 saturated heterocycles. The highest BCUT2D eigenvalue weighted by atomic mass is 35.5. The monoisotopic (exact) mass is 372 g/mol. The highest BCUT2D eigenvalue weighted by Crippen LogP contribution is 2.44. The maximum Gasteiger partial charge on any atom is 0.314 e. The Kier molecular flexibility index (Phi) is 5.63. The second kappa shape index (κ2) is 7.50. The number of hydrogen-bond donors (Lipinski definition) is 3. The number of nitro benzene ring substituents is 1. The van der Waals surface area contributed by atoms with Crippen molar-refractivity contribution in [2.75, 3.05) is 17.2 Å². The number of hydrogen-bond acceptors (Lipinski definition) is 5. The van der Waals surface area contributed by atoms with Crippen LogP contribution in [0.15, 0.2) is 17.8 Å². The van der Waals surface area contributed by atoms with E-state index in [1.807, 2.05) is 6.92 Å². The average Bonchev–Trinajstić information content (AvgIpc) is 2.61. The fraction of sp³-hybridized carbons (Fsp3) is 0.286. The van der Waals surface area contributed by atoms with Crippen molar-refractivity contribution < 1.29 is 14.5 Å². The molecule has 0 bridgehead atoms. The summed E-state index contributed by atoms with van der Waals surface area (Å²) in [5.41, 5.74) is -0.979. The molecule has 1 aromatic carbocycles. The molecule has 0 aliphatic carbocycles. The standard InChI is InChI=1S/C14H14Cl2N4O4/c1-2-3-4-17-6-7-13(21)18-9-5-8(15)10(16)12(20(23)24)11(9)19-14(7)22/h5-6,17H,2-4H2,1H3,(H,18,21)(H,19,22). The third-order valence-corrected chi connectivity index (χ3v) is 4.05. The lowest BCUT2D eigenvalue weighted by atomic mass is 10.2. The van der Waals surface area contributed by atoms with E-state index in [1.54, 1.807) is 0 Å². The number of anilines is 2. The molecule has 1 aromatic rings. The Labute approximate surface area is 147 Å². The van der Waals surface area contributed by atoms with Crippen molar-refractivity contribution >= 4 is 52.1 Å². The summed E-state index contributed by atoms with van der Waals surface area (Å²) in [5, 5.41) is 18.5. The summed E-state index contributed by atoms with van der Waals surface area (Å²) >= 11 is 11.7. The van der Waals surface area contributed by atoms with Gasteiger partial charge in [0.1, 0.15) is 16.3 Å². The molecular weight excluding hydrogens is 359 g/mol. The zero-order chi connectivity index (χ0) is 17.9. The van der Waals surface area contributed by atoms with Crippen LogP contribution in [0.2, 0.25) is 10.0 Å². The van der Waals surface area contributed by atoms with Crippen LogP contribution in [0.4, 0.5) is 17.1 Å². The van der Waals surface area contributed by atoms with Gasteiger partial charge >= 0.3 is 5.69 Å². The number of unbranched alkanes of at least 4 members (excludes halogenated alkanes) is 1. The molecule has 0 atom stereocenters. The van der Waals surface area contributed by atoms with E-state index < -0.39 is 22.4 Å². The first-order valence-electron chi connectivity index (χ1n) is 7.09. The van der Waals surface area contributed by atoms with Gasteiger partial charge in [-0.1, -0.05) is 36.5 Å². The van der Waals surface area contributed by atoms with Gasteiger partial charge in [0.15, 0.2) is 0 Å². The van der Waals surface area contributed by atoms with E-state index in [2.05, 4.69) is 16.0 Å². The first-order chi connectivity index (χ1) is 11.4. The topological polar surface area (TPSA) is 113 Å². The lowest BCUT2D eigenvalue weighted by Gasteiger charge is -2.09. The van der Waals surface area contributed by atoms with Crippen molar-refractivity contribution in [1.82, 2.24) is 5.32 Å². The minimum atomic E-state index is -0.781. The molecule has 8 nitrogen and oxygen atoms in total. The van der Waals surface area contributed by atoms with Crippen LogP contribution < -0.4 is 16.0 Å². The number of nitro groups is 1. The highest BCUT2D eigenvalue weighted by molar-refractivity contribution is 6.45. The molecule has 0 fully saturated rings. The van der Waals surface area contributed by atoms with E-state index >= 15 is 0 Å². The molecule has 2 rings (SSSR count). The average molecular weight is 373 g/mol. The predicted octanol–water partition coefficient (Wildman–Crippen LogP) is 3.07. The zero-order valence-corrected chi connectivity index (χ0v) is 14.1. The smallest absolute Gasteiger partial charge is 0.314 e. The van der Waals surface area contributed by atoms with Gasteiger partial charge in [-0.3, -0.25) is 19.7 Å². The van der Waals surface area contributed by atoms with Gasteiger partial charge < -0.3 is 16.0 Å². The van der Waals surface area contributed by atoms with Crippen LogP contribution in [0.25, 0.3) is 0 Å². The fourth-order valence-corrected chi connectivity index (χ4v) is 2.48. The second-order valence-corrected chi connectivity index (χ2v) is 5.76. The number of carbonyl (C=O) groups is 2. The summed E-state index contributed by atoms with van der Waals surface area (Å²) in [6.45, 7) is 2.59. The lowest BCUT2D eigenvalue weighted by Crippen LogP contribution is -2.24. The largest absolute Gasteiger partial charge is 0.390 e. The summed E-state index contributed by atoms with van der Waals surface area (Å²) in [5.74, 6) is -1.49. The summed E-state index contributed by atoms with van der Waals surface area (Å²) in [6, 6.07) is 1.25. The van der Waals surface area contributed by atoms with Crippen molar-refractivity contribution in [3.8, 4) is 0 Å². The number of halogens is 2. The molecule has 1 aliphatic heterocycles. The second-order valence-electron chi connectivity index (χ2n) is 4.97. The van der Waals surface area contributed by atoms with E-state index in [0.717, 1.165) is 12.8 Å². The Balaban J connectivity index is 2.43. The number of rotatable bonds is 5. The number of carbonyl (C=O) groups excluding carboxylic acids is 2. The molecule has 2 amide bonds. The SMILES string of the molecule is CCCCNC=C1C(=O)Nc2cc(Cl)c(Cl)c([N+](=O)[O-])c2NC1=O. The molecule has 0 radical (unpaired) electrons. The molecule has 0 unspecified atom stereocenters. The maximum absolute atomic E-state index is 12.2. The number of nitrogens with zero attached hydrogens (tertiary/aromatic N) is 1. The van der Waals surface area contributed by atoms with Gasteiger partial charge in [0.25, 0.3) is 11.8 Å². The molecule has 128 valence electrons. The Morgan fingerprint density at radius 2 is 1.96 bits per heavy atom. The first kappa shape index (κ1) is 18.0. The van der Waals surface area contributed by atoms with Crippen LogP contribution in [0, 0.1) is 10.1 Å². The molecule has 24 heavy (non-hydrogen) atoms. The van der Waals surface area contributed by atoms with Gasteiger partial charge in [-0.05, 0) is 12.5 Å². The summed E-state index contributed by atoms with van der Waals surface area (Å²) in [6.07, 6.45) is 3.09. The van der Waals surface area contributed by atoms with Crippen LogP contribution in [-0.2, 0) is 9.59 Å². The normalized spacial score (nSPS) is 15.4. The van der Waals surface area contributed by atoms with Gasteiger partial charge in [-0.2, -0.15) is 0 Å². The molecule has 0 spiro atoms. The minimum absolute atomic E-state index is 0.00593. The quantitative estimate of drug-likeness (QED) is 0.241. The van der Waals surface area contributed by atoms with Gasteiger partial charge in [-0.15, -0.1) is 0 Å². The maximum atomic E-state index is 12.2. The minimum Gasteiger partial charge on any atom is -0.390 e. The molecule has 3 N–H and O–H groups in total. The van der Waals surface area contributed by atoms with E-state index in [4.69, 9.17) is 23.2 Å². The number of nitrogens with one attached hydrogen (secondary N) is 3. The van der Waals surface area contributed by atoms with E-state index in [0.29, 0.717) is 6.54 Å². The molecule has 10 heteroatoms. The van der Waals surface area contributed by atoms with Crippen LogP contribution in [-0.4, -0.2) is 23.3 Å². The number of amides is 2. The Hall–Kier alpha value is -2.32. The van der Waals surface area contributed by atoms with Crippen LogP contribution >= 0.6 is 23.2 Å².